The van der Waals surface area contributed by atoms with Gasteiger partial charge in [-0.05, 0) is 66.9 Å². The van der Waals surface area contributed by atoms with Gasteiger partial charge < -0.3 is 26.0 Å². The van der Waals surface area contributed by atoms with Gasteiger partial charge in [0.15, 0.2) is 0 Å². The van der Waals surface area contributed by atoms with Gasteiger partial charge in [-0.1, -0.05) is 36.8 Å². The molecule has 4 N–H and O–H groups in total. The van der Waals surface area contributed by atoms with E-state index in [-0.39, 0.29) is 30.8 Å². The van der Waals surface area contributed by atoms with E-state index in [0.29, 0.717) is 12.0 Å². The molecule has 1 aromatic carbocycles. The molecule has 35 heavy (non-hydrogen) atoms. The summed E-state index contributed by atoms with van der Waals surface area (Å²) in [5.74, 6) is -1.42. The number of amides is 4. The molecule has 3 atom stereocenters. The van der Waals surface area contributed by atoms with Gasteiger partial charge in [0.05, 0.1) is 0 Å². The smallest absolute Gasteiger partial charge is 0.408 e. The number of carbonyl (C=O) groups is 4. The number of primary amides is 1. The Bertz CT molecular complexity index is 894. The highest BCUT2D eigenvalue weighted by molar-refractivity contribution is 5.92. The molecule has 0 aromatic heterocycles. The van der Waals surface area contributed by atoms with Crippen LogP contribution in [0, 0.1) is 6.92 Å². The van der Waals surface area contributed by atoms with Crippen LogP contribution in [-0.4, -0.2) is 52.4 Å². The average molecular weight is 491 g/mol. The summed E-state index contributed by atoms with van der Waals surface area (Å²) < 4.78 is 5.34. The number of hydrogen-bond donors (Lipinski definition) is 3. The number of alkyl carbamates (subject to hydrolysis) is 1. The molecule has 1 rings (SSSR count). The summed E-state index contributed by atoms with van der Waals surface area (Å²) in [6.07, 6.45) is -0.360. The molecular formula is C26H42N4O5. The minimum absolute atomic E-state index is 0.0211. The van der Waals surface area contributed by atoms with Gasteiger partial charge in [0.25, 0.3) is 0 Å². The Morgan fingerprint density at radius 1 is 1.09 bits per heavy atom. The lowest BCUT2D eigenvalue weighted by atomic mass is 9.97. The van der Waals surface area contributed by atoms with Crippen molar-refractivity contribution in [1.82, 2.24) is 15.5 Å². The normalized spacial score (nSPS) is 14.0. The van der Waals surface area contributed by atoms with Crippen molar-refractivity contribution in [1.29, 1.82) is 0 Å². The van der Waals surface area contributed by atoms with Gasteiger partial charge in [0.1, 0.15) is 17.7 Å². The minimum atomic E-state index is -1.11. The first-order valence-electron chi connectivity index (χ1n) is 12.1. The van der Waals surface area contributed by atoms with E-state index in [0.717, 1.165) is 5.56 Å². The highest BCUT2D eigenvalue weighted by Gasteiger charge is 2.38. The molecule has 9 heteroatoms. The average Bonchev–Trinajstić information content (AvgIpc) is 2.71. The van der Waals surface area contributed by atoms with E-state index in [2.05, 4.69) is 10.6 Å². The molecule has 0 aliphatic rings. The maximum absolute atomic E-state index is 14.0. The summed E-state index contributed by atoms with van der Waals surface area (Å²) in [4.78, 5) is 53.0. The third kappa shape index (κ3) is 9.96. The Labute approximate surface area is 209 Å². The molecule has 0 heterocycles. The fourth-order valence-electron chi connectivity index (χ4n) is 3.61. The highest BCUT2D eigenvalue weighted by atomic mass is 16.6. The zero-order valence-electron chi connectivity index (χ0n) is 22.3. The molecule has 0 aliphatic heterocycles. The van der Waals surface area contributed by atoms with Gasteiger partial charge >= 0.3 is 6.09 Å². The van der Waals surface area contributed by atoms with Crippen molar-refractivity contribution in [2.45, 2.75) is 104 Å². The third-order valence-corrected chi connectivity index (χ3v) is 5.30. The number of aryl methyl sites for hydroxylation is 1. The molecule has 3 unspecified atom stereocenters. The van der Waals surface area contributed by atoms with E-state index in [4.69, 9.17) is 10.5 Å². The van der Waals surface area contributed by atoms with Crippen molar-refractivity contribution in [2.24, 2.45) is 5.73 Å². The molecule has 0 spiro atoms. The zero-order chi connectivity index (χ0) is 26.9. The van der Waals surface area contributed by atoms with Crippen LogP contribution in [0.5, 0.6) is 0 Å². The van der Waals surface area contributed by atoms with E-state index in [1.54, 1.807) is 26.8 Å². The molecule has 1 aromatic rings. The SMILES string of the molecule is CCC(C)N(C(=O)C(CCC(N)=O)NC(=O)OC(C)(C)C)C(C(=O)NC(C)C)c1cccc(C)c1. The van der Waals surface area contributed by atoms with E-state index in [1.807, 2.05) is 52.8 Å². The van der Waals surface area contributed by atoms with Crippen LogP contribution in [0.3, 0.4) is 0 Å². The van der Waals surface area contributed by atoms with Gasteiger partial charge in [-0.15, -0.1) is 0 Å². The first kappa shape index (κ1) is 29.9. The maximum Gasteiger partial charge on any atom is 0.408 e. The zero-order valence-corrected chi connectivity index (χ0v) is 22.3. The summed E-state index contributed by atoms with van der Waals surface area (Å²) in [7, 11) is 0. The quantitative estimate of drug-likeness (QED) is 0.438. The van der Waals surface area contributed by atoms with Crippen molar-refractivity contribution < 1.29 is 23.9 Å². The van der Waals surface area contributed by atoms with Gasteiger partial charge in [-0.25, -0.2) is 4.79 Å². The number of rotatable bonds is 11. The van der Waals surface area contributed by atoms with E-state index >= 15 is 0 Å². The second-order valence-corrected chi connectivity index (χ2v) is 10.2. The van der Waals surface area contributed by atoms with Crippen LogP contribution in [0.4, 0.5) is 4.79 Å². The van der Waals surface area contributed by atoms with Crippen LogP contribution in [0.25, 0.3) is 0 Å². The second-order valence-electron chi connectivity index (χ2n) is 10.2. The summed E-state index contributed by atoms with van der Waals surface area (Å²) >= 11 is 0. The Kier molecular flexibility index (Phi) is 11.2. The van der Waals surface area contributed by atoms with Gasteiger partial charge in [0.2, 0.25) is 17.7 Å². The Morgan fingerprint density at radius 2 is 1.71 bits per heavy atom. The summed E-state index contributed by atoms with van der Waals surface area (Å²) in [6, 6.07) is 4.89. The lowest BCUT2D eigenvalue weighted by Crippen LogP contribution is -2.56. The fraction of sp³-hybridized carbons (Fsp3) is 0.615. The number of hydrogen-bond acceptors (Lipinski definition) is 5. The number of nitrogens with zero attached hydrogens (tertiary/aromatic N) is 1. The van der Waals surface area contributed by atoms with Gasteiger partial charge in [0, 0.05) is 18.5 Å². The van der Waals surface area contributed by atoms with Crippen molar-refractivity contribution in [3.8, 4) is 0 Å². The molecular weight excluding hydrogens is 448 g/mol. The van der Waals surface area contributed by atoms with Crippen molar-refractivity contribution >= 4 is 23.8 Å². The van der Waals surface area contributed by atoms with Crippen LogP contribution in [0.2, 0.25) is 0 Å². The molecule has 0 radical (unpaired) electrons. The fourth-order valence-corrected chi connectivity index (χ4v) is 3.61. The first-order valence-corrected chi connectivity index (χ1v) is 12.1. The maximum atomic E-state index is 14.0. The van der Waals surface area contributed by atoms with E-state index in [1.165, 1.54) is 4.90 Å². The molecule has 0 saturated heterocycles. The number of carbonyl (C=O) groups excluding carboxylic acids is 4. The summed E-state index contributed by atoms with van der Waals surface area (Å²) in [6.45, 7) is 14.5. The Morgan fingerprint density at radius 3 is 2.20 bits per heavy atom. The number of benzene rings is 1. The van der Waals surface area contributed by atoms with Crippen molar-refractivity contribution in [3.63, 3.8) is 0 Å². The number of ether oxygens (including phenoxy) is 1. The molecule has 0 bridgehead atoms. The highest BCUT2D eigenvalue weighted by Crippen LogP contribution is 2.27. The van der Waals surface area contributed by atoms with Crippen molar-refractivity contribution in [2.75, 3.05) is 0 Å². The molecule has 0 saturated carbocycles. The van der Waals surface area contributed by atoms with Gasteiger partial charge in [-0.2, -0.15) is 0 Å². The van der Waals surface area contributed by atoms with Gasteiger partial charge in [-0.3, -0.25) is 14.4 Å². The van der Waals surface area contributed by atoms with Crippen LogP contribution in [0.1, 0.15) is 84.9 Å². The lowest BCUT2D eigenvalue weighted by Gasteiger charge is -2.38. The van der Waals surface area contributed by atoms with Crippen LogP contribution < -0.4 is 16.4 Å². The van der Waals surface area contributed by atoms with Crippen LogP contribution in [0.15, 0.2) is 24.3 Å². The number of nitrogens with two attached hydrogens (primary N) is 1. The largest absolute Gasteiger partial charge is 0.444 e. The summed E-state index contributed by atoms with van der Waals surface area (Å²) in [5.41, 5.74) is 6.15. The topological polar surface area (TPSA) is 131 Å². The third-order valence-electron chi connectivity index (χ3n) is 5.30. The van der Waals surface area contributed by atoms with Crippen LogP contribution in [-0.2, 0) is 19.1 Å². The molecule has 4 amide bonds. The molecule has 0 aliphatic carbocycles. The number of nitrogens with one attached hydrogen (secondary N) is 2. The lowest BCUT2D eigenvalue weighted by molar-refractivity contribution is -0.145. The predicted octanol–water partition coefficient (Wildman–Crippen LogP) is 3.35. The summed E-state index contributed by atoms with van der Waals surface area (Å²) in [5, 5.41) is 5.51. The first-order chi connectivity index (χ1) is 16.2. The molecule has 9 nitrogen and oxygen atoms in total. The molecule has 0 fully saturated rings. The molecule has 196 valence electrons. The predicted molar refractivity (Wildman–Crippen MR) is 135 cm³/mol. The van der Waals surface area contributed by atoms with E-state index < -0.39 is 35.6 Å². The standard InChI is InChI=1S/C26H42N4O5/c1-9-18(5)30(22(23(32)28-16(2)3)19-12-10-11-17(4)15-19)24(33)20(13-14-21(27)31)29-25(34)35-26(6,7)8/h10-12,15-16,18,20,22H,9,13-14H2,1-8H3,(H2,27,31)(H,28,32)(H,29,34). The van der Waals surface area contributed by atoms with Crippen molar-refractivity contribution in [3.05, 3.63) is 35.4 Å². The minimum Gasteiger partial charge on any atom is -0.444 e. The Balaban J connectivity index is 3.52. The van der Waals surface area contributed by atoms with E-state index in [9.17, 15) is 19.2 Å². The Hall–Kier alpha value is -3.10. The monoisotopic (exact) mass is 490 g/mol. The second kappa shape index (κ2) is 13.1. The van der Waals surface area contributed by atoms with Crippen LogP contribution >= 0.6 is 0 Å².